The Bertz CT molecular complexity index is 672. The molecular weight excluding hydrogens is 264 g/mol. The molecule has 0 bridgehead atoms. The molecule has 1 amide bonds. The molecule has 9 nitrogen and oxygen atoms in total. The zero-order valence-corrected chi connectivity index (χ0v) is 11.3. The summed E-state index contributed by atoms with van der Waals surface area (Å²) in [6.45, 7) is 3.39. The average molecular weight is 278 g/mol. The fourth-order valence-electron chi connectivity index (χ4n) is 1.69. The first-order valence-corrected chi connectivity index (χ1v) is 5.85. The van der Waals surface area contributed by atoms with E-state index >= 15 is 0 Å². The molecule has 2 rings (SSSR count). The van der Waals surface area contributed by atoms with E-state index in [1.54, 1.807) is 24.9 Å². The molecule has 0 atom stereocenters. The van der Waals surface area contributed by atoms with Gasteiger partial charge in [0.05, 0.1) is 34.4 Å². The molecule has 2 aromatic rings. The van der Waals surface area contributed by atoms with Crippen molar-refractivity contribution in [1.29, 1.82) is 0 Å². The van der Waals surface area contributed by atoms with Crippen LogP contribution in [0.1, 0.15) is 11.4 Å². The van der Waals surface area contributed by atoms with Gasteiger partial charge in [0.25, 0.3) is 0 Å². The topological polar surface area (TPSA) is 108 Å². The van der Waals surface area contributed by atoms with Gasteiger partial charge in [-0.1, -0.05) is 0 Å². The lowest BCUT2D eigenvalue weighted by Gasteiger charge is -2.03. The van der Waals surface area contributed by atoms with Crippen molar-refractivity contribution >= 4 is 17.4 Å². The second kappa shape index (κ2) is 5.11. The summed E-state index contributed by atoms with van der Waals surface area (Å²) in [5.41, 5.74) is 1.98. The van der Waals surface area contributed by atoms with E-state index in [9.17, 15) is 14.9 Å². The summed E-state index contributed by atoms with van der Waals surface area (Å²) in [6, 6.07) is 1.32. The standard InChI is InChI=1S/C11H14N6O3/c1-7-4-10(17(19)20)14-16(7)6-11(18)13-9-5-12-15(3)8(9)2/h4-5H,6H2,1-3H3,(H,13,18). The van der Waals surface area contributed by atoms with Crippen LogP contribution in [-0.2, 0) is 18.4 Å². The van der Waals surface area contributed by atoms with Crippen molar-refractivity contribution < 1.29 is 9.72 Å². The number of aromatic nitrogens is 4. The molecule has 0 unspecified atom stereocenters. The Labute approximate surface area is 114 Å². The molecular formula is C11H14N6O3. The molecule has 106 valence electrons. The van der Waals surface area contributed by atoms with Gasteiger partial charge >= 0.3 is 5.82 Å². The van der Waals surface area contributed by atoms with Crippen molar-refractivity contribution in [3.8, 4) is 0 Å². The molecule has 9 heteroatoms. The van der Waals surface area contributed by atoms with Crippen LogP contribution in [0.5, 0.6) is 0 Å². The monoisotopic (exact) mass is 278 g/mol. The third-order valence-electron chi connectivity index (χ3n) is 2.96. The van der Waals surface area contributed by atoms with Crippen LogP contribution in [0, 0.1) is 24.0 Å². The molecule has 2 aromatic heterocycles. The largest absolute Gasteiger partial charge is 0.390 e. The Morgan fingerprint density at radius 1 is 1.50 bits per heavy atom. The molecule has 0 saturated heterocycles. The zero-order chi connectivity index (χ0) is 14.9. The number of hydrogen-bond acceptors (Lipinski definition) is 5. The Morgan fingerprint density at radius 3 is 2.70 bits per heavy atom. The highest BCUT2D eigenvalue weighted by atomic mass is 16.6. The number of nitro groups is 1. The number of carbonyl (C=O) groups excluding carboxylic acids is 1. The number of rotatable bonds is 4. The van der Waals surface area contributed by atoms with Gasteiger partial charge in [0.15, 0.2) is 0 Å². The van der Waals surface area contributed by atoms with Gasteiger partial charge < -0.3 is 15.4 Å². The number of nitrogens with one attached hydrogen (secondary N) is 1. The van der Waals surface area contributed by atoms with Gasteiger partial charge in [-0.05, 0) is 18.8 Å². The average Bonchev–Trinajstić information content (AvgIpc) is 2.88. The number of hydrogen-bond donors (Lipinski definition) is 1. The lowest BCUT2D eigenvalue weighted by atomic mass is 10.4. The minimum atomic E-state index is -0.591. The van der Waals surface area contributed by atoms with Gasteiger partial charge in [0, 0.05) is 7.05 Å². The summed E-state index contributed by atoms with van der Waals surface area (Å²) in [7, 11) is 1.77. The lowest BCUT2D eigenvalue weighted by molar-refractivity contribution is -0.389. The van der Waals surface area contributed by atoms with Crippen LogP contribution in [0.3, 0.4) is 0 Å². The van der Waals surface area contributed by atoms with Gasteiger partial charge in [0.2, 0.25) is 5.91 Å². The van der Waals surface area contributed by atoms with Crippen LogP contribution in [0.4, 0.5) is 11.5 Å². The molecule has 20 heavy (non-hydrogen) atoms. The van der Waals surface area contributed by atoms with Crippen molar-refractivity contribution in [3.63, 3.8) is 0 Å². The SMILES string of the molecule is Cc1c(NC(=O)Cn2nc([N+](=O)[O-])cc2C)cnn1C. The summed E-state index contributed by atoms with van der Waals surface area (Å²) in [5.74, 6) is -0.588. The first-order chi connectivity index (χ1) is 9.38. The predicted octanol–water partition coefficient (Wildman–Crippen LogP) is 0.780. The van der Waals surface area contributed by atoms with Crippen LogP contribution in [0.2, 0.25) is 0 Å². The molecule has 0 aliphatic rings. The van der Waals surface area contributed by atoms with E-state index in [0.717, 1.165) is 5.69 Å². The van der Waals surface area contributed by atoms with E-state index < -0.39 is 4.92 Å². The molecule has 0 aromatic carbocycles. The third kappa shape index (κ3) is 2.66. The third-order valence-corrected chi connectivity index (χ3v) is 2.96. The van der Waals surface area contributed by atoms with E-state index in [1.807, 2.05) is 6.92 Å². The maximum absolute atomic E-state index is 11.9. The smallest absolute Gasteiger partial charge is 0.358 e. The van der Waals surface area contributed by atoms with Crippen LogP contribution < -0.4 is 5.32 Å². The number of amides is 1. The molecule has 2 heterocycles. The number of aryl methyl sites for hydroxylation is 2. The maximum atomic E-state index is 11.9. The minimum Gasteiger partial charge on any atom is -0.358 e. The van der Waals surface area contributed by atoms with Crippen molar-refractivity contribution in [2.45, 2.75) is 20.4 Å². The second-order valence-electron chi connectivity index (χ2n) is 4.37. The van der Waals surface area contributed by atoms with E-state index in [2.05, 4.69) is 15.5 Å². The number of carbonyl (C=O) groups is 1. The fraction of sp³-hybridized carbons (Fsp3) is 0.364. The van der Waals surface area contributed by atoms with Crippen LogP contribution >= 0.6 is 0 Å². The van der Waals surface area contributed by atoms with Crippen molar-refractivity contribution in [1.82, 2.24) is 19.6 Å². The molecule has 0 saturated carbocycles. The van der Waals surface area contributed by atoms with Crippen LogP contribution in [0.15, 0.2) is 12.3 Å². The van der Waals surface area contributed by atoms with E-state index in [0.29, 0.717) is 11.4 Å². The Balaban J connectivity index is 2.08. The molecule has 0 radical (unpaired) electrons. The van der Waals surface area contributed by atoms with Crippen molar-refractivity contribution in [3.05, 3.63) is 33.8 Å². The van der Waals surface area contributed by atoms with Gasteiger partial charge in [-0.25, -0.2) is 0 Å². The fourth-order valence-corrected chi connectivity index (χ4v) is 1.69. The van der Waals surface area contributed by atoms with Gasteiger partial charge in [0.1, 0.15) is 6.54 Å². The second-order valence-corrected chi connectivity index (χ2v) is 4.37. The van der Waals surface area contributed by atoms with Crippen LogP contribution in [0.25, 0.3) is 0 Å². The highest BCUT2D eigenvalue weighted by molar-refractivity contribution is 5.90. The van der Waals surface area contributed by atoms with E-state index in [-0.39, 0.29) is 18.3 Å². The highest BCUT2D eigenvalue weighted by Gasteiger charge is 2.18. The first kappa shape index (κ1) is 13.7. The molecule has 1 N–H and O–H groups in total. The van der Waals surface area contributed by atoms with Crippen LogP contribution in [-0.4, -0.2) is 30.4 Å². The maximum Gasteiger partial charge on any atom is 0.390 e. The summed E-state index contributed by atoms with van der Waals surface area (Å²) >= 11 is 0. The predicted molar refractivity (Wildman–Crippen MR) is 70.2 cm³/mol. The highest BCUT2D eigenvalue weighted by Crippen LogP contribution is 2.13. The Hall–Kier alpha value is -2.71. The van der Waals surface area contributed by atoms with E-state index in [4.69, 9.17) is 0 Å². The van der Waals surface area contributed by atoms with Gasteiger partial charge in [-0.2, -0.15) is 9.78 Å². The summed E-state index contributed by atoms with van der Waals surface area (Å²) in [6.07, 6.45) is 1.55. The Morgan fingerprint density at radius 2 is 2.20 bits per heavy atom. The van der Waals surface area contributed by atoms with Gasteiger partial charge in [-0.15, -0.1) is 0 Å². The van der Waals surface area contributed by atoms with Crippen molar-refractivity contribution in [2.24, 2.45) is 7.05 Å². The number of anilines is 1. The Kier molecular flexibility index (Phi) is 3.51. The summed E-state index contributed by atoms with van der Waals surface area (Å²) < 4.78 is 2.93. The molecule has 0 aliphatic carbocycles. The summed E-state index contributed by atoms with van der Waals surface area (Å²) in [5, 5.41) is 21.1. The summed E-state index contributed by atoms with van der Waals surface area (Å²) in [4.78, 5) is 21.9. The lowest BCUT2D eigenvalue weighted by Crippen LogP contribution is -2.20. The van der Waals surface area contributed by atoms with Crippen molar-refractivity contribution in [2.75, 3.05) is 5.32 Å². The molecule has 0 aliphatic heterocycles. The minimum absolute atomic E-state index is 0.0893. The molecule has 0 spiro atoms. The quantitative estimate of drug-likeness (QED) is 0.656. The molecule has 0 fully saturated rings. The zero-order valence-electron chi connectivity index (χ0n) is 11.3. The number of nitrogens with zero attached hydrogens (tertiary/aromatic N) is 5. The van der Waals surface area contributed by atoms with E-state index in [1.165, 1.54) is 10.7 Å². The first-order valence-electron chi connectivity index (χ1n) is 5.85. The normalized spacial score (nSPS) is 10.6. The van der Waals surface area contributed by atoms with Gasteiger partial charge in [-0.3, -0.25) is 9.48 Å².